The van der Waals surface area contributed by atoms with E-state index in [0.29, 0.717) is 6.54 Å². The maximum Gasteiger partial charge on any atom is 0.288 e. The number of benzene rings is 1. The fourth-order valence-electron chi connectivity index (χ4n) is 2.03. The number of hydrogen-bond donors (Lipinski definition) is 1. The van der Waals surface area contributed by atoms with Crippen molar-refractivity contribution >= 4 is 35.0 Å². The molecule has 1 aromatic carbocycles. The van der Waals surface area contributed by atoms with Gasteiger partial charge in [-0.25, -0.2) is 0 Å². The molecule has 0 radical (unpaired) electrons. The minimum absolute atomic E-state index is 0.0250. The monoisotopic (exact) mass is 330 g/mol. The number of nitrogens with zero attached hydrogens (tertiary/aromatic N) is 1. The van der Waals surface area contributed by atoms with Crippen molar-refractivity contribution in [1.29, 1.82) is 0 Å². The molecule has 0 fully saturated rings. The zero-order chi connectivity index (χ0) is 16.0. The van der Waals surface area contributed by atoms with E-state index in [1.807, 2.05) is 6.26 Å². The predicted molar refractivity (Wildman–Crippen MR) is 87.3 cm³/mol. The van der Waals surface area contributed by atoms with Gasteiger partial charge in [0.2, 0.25) is 0 Å². The molecule has 5 nitrogen and oxygen atoms in total. The molecule has 21 heavy (non-hydrogen) atoms. The van der Waals surface area contributed by atoms with Crippen molar-refractivity contribution in [3.8, 4) is 0 Å². The molecule has 1 rings (SSSR count). The lowest BCUT2D eigenvalue weighted by Crippen LogP contribution is -2.39. The van der Waals surface area contributed by atoms with Gasteiger partial charge in [-0.1, -0.05) is 31.5 Å². The van der Waals surface area contributed by atoms with Gasteiger partial charge in [0.15, 0.2) is 0 Å². The van der Waals surface area contributed by atoms with Crippen molar-refractivity contribution in [3.05, 3.63) is 38.9 Å². The number of thioether (sulfide) groups is 1. The van der Waals surface area contributed by atoms with Crippen molar-refractivity contribution in [2.75, 3.05) is 12.8 Å². The van der Waals surface area contributed by atoms with Gasteiger partial charge in [0.1, 0.15) is 5.02 Å². The molecule has 1 amide bonds. The van der Waals surface area contributed by atoms with Gasteiger partial charge in [0.25, 0.3) is 11.6 Å². The van der Waals surface area contributed by atoms with Crippen LogP contribution in [-0.2, 0) is 0 Å². The molecular weight excluding hydrogens is 312 g/mol. The summed E-state index contributed by atoms with van der Waals surface area (Å²) in [5, 5.41) is 13.5. The molecule has 0 spiro atoms. The van der Waals surface area contributed by atoms with Crippen LogP contribution in [0, 0.1) is 10.1 Å². The standard InChI is InChI=1S/C14H19ClN2O3S/c1-4-14(5-2,21-3)9-16-13(18)10-7-6-8-11(12(10)15)17(19)20/h6-8H,4-5,9H2,1-3H3,(H,16,18). The van der Waals surface area contributed by atoms with Crippen LogP contribution in [0.2, 0.25) is 5.02 Å². The van der Waals surface area contributed by atoms with Gasteiger partial charge in [-0.05, 0) is 25.2 Å². The highest BCUT2D eigenvalue weighted by atomic mass is 35.5. The van der Waals surface area contributed by atoms with E-state index in [9.17, 15) is 14.9 Å². The Bertz CT molecular complexity index is 525. The topological polar surface area (TPSA) is 72.2 Å². The summed E-state index contributed by atoms with van der Waals surface area (Å²) in [7, 11) is 0. The largest absolute Gasteiger partial charge is 0.351 e. The van der Waals surface area contributed by atoms with Crippen LogP contribution in [0.15, 0.2) is 18.2 Å². The van der Waals surface area contributed by atoms with Crippen molar-refractivity contribution in [2.24, 2.45) is 0 Å². The average Bonchev–Trinajstić information content (AvgIpc) is 2.49. The predicted octanol–water partition coefficient (Wildman–Crippen LogP) is 3.90. The summed E-state index contributed by atoms with van der Waals surface area (Å²) in [6.45, 7) is 4.65. The number of carbonyl (C=O) groups is 1. The first-order valence-electron chi connectivity index (χ1n) is 6.67. The molecule has 0 bridgehead atoms. The minimum Gasteiger partial charge on any atom is -0.351 e. The highest BCUT2D eigenvalue weighted by Crippen LogP contribution is 2.30. The Kier molecular flexibility index (Phi) is 6.48. The summed E-state index contributed by atoms with van der Waals surface area (Å²) in [5.74, 6) is -0.385. The number of nitro groups is 1. The number of nitro benzene ring substituents is 1. The molecule has 7 heteroatoms. The van der Waals surface area contributed by atoms with Crippen LogP contribution in [0.25, 0.3) is 0 Å². The van der Waals surface area contributed by atoms with Crippen molar-refractivity contribution < 1.29 is 9.72 Å². The number of amides is 1. The first kappa shape index (κ1) is 17.8. The van der Waals surface area contributed by atoms with Crippen LogP contribution in [-0.4, -0.2) is 28.4 Å². The molecule has 0 aliphatic heterocycles. The molecule has 1 N–H and O–H groups in total. The first-order valence-corrected chi connectivity index (χ1v) is 8.27. The van der Waals surface area contributed by atoms with Crippen LogP contribution in [0.1, 0.15) is 37.0 Å². The number of rotatable bonds is 7. The zero-order valence-corrected chi connectivity index (χ0v) is 13.9. The summed E-state index contributed by atoms with van der Waals surface area (Å²) in [6, 6.07) is 4.23. The molecule has 0 aliphatic carbocycles. The second-order valence-electron chi connectivity index (χ2n) is 4.67. The molecule has 0 saturated heterocycles. The fraction of sp³-hybridized carbons (Fsp3) is 0.500. The van der Waals surface area contributed by atoms with Gasteiger partial charge in [-0.3, -0.25) is 14.9 Å². The van der Waals surface area contributed by atoms with E-state index in [1.165, 1.54) is 18.2 Å². The Morgan fingerprint density at radius 3 is 2.52 bits per heavy atom. The molecule has 0 unspecified atom stereocenters. The second kappa shape index (κ2) is 7.66. The molecule has 0 aliphatic rings. The van der Waals surface area contributed by atoms with Gasteiger partial charge in [-0.2, -0.15) is 11.8 Å². The number of halogens is 1. The Morgan fingerprint density at radius 2 is 2.05 bits per heavy atom. The number of hydrogen-bond acceptors (Lipinski definition) is 4. The number of nitrogens with one attached hydrogen (secondary N) is 1. The van der Waals surface area contributed by atoms with Crippen molar-refractivity contribution in [3.63, 3.8) is 0 Å². The van der Waals surface area contributed by atoms with Crippen LogP contribution in [0.3, 0.4) is 0 Å². The van der Waals surface area contributed by atoms with Gasteiger partial charge in [0, 0.05) is 17.4 Å². The first-order chi connectivity index (χ1) is 9.90. The fourth-order valence-corrected chi connectivity index (χ4v) is 3.11. The Labute approximate surface area is 133 Å². The van der Waals surface area contributed by atoms with E-state index in [4.69, 9.17) is 11.6 Å². The smallest absolute Gasteiger partial charge is 0.288 e. The lowest BCUT2D eigenvalue weighted by atomic mass is 10.0. The van der Waals surface area contributed by atoms with Gasteiger partial charge in [-0.15, -0.1) is 0 Å². The van der Waals surface area contributed by atoms with Crippen molar-refractivity contribution in [2.45, 2.75) is 31.4 Å². The molecule has 0 atom stereocenters. The highest BCUT2D eigenvalue weighted by Gasteiger charge is 2.27. The minimum atomic E-state index is -0.594. The molecule has 1 aromatic rings. The maximum atomic E-state index is 12.2. The van der Waals surface area contributed by atoms with Crippen molar-refractivity contribution in [1.82, 2.24) is 5.32 Å². The van der Waals surface area contributed by atoms with Crippen LogP contribution in [0.5, 0.6) is 0 Å². The quantitative estimate of drug-likeness (QED) is 0.608. The summed E-state index contributed by atoms with van der Waals surface area (Å²) < 4.78 is -0.0250. The van der Waals surface area contributed by atoms with Gasteiger partial charge in [0.05, 0.1) is 10.5 Å². The van der Waals surface area contributed by atoms with E-state index in [2.05, 4.69) is 19.2 Å². The summed E-state index contributed by atoms with van der Waals surface area (Å²) >= 11 is 7.65. The Hall–Kier alpha value is -1.27. The van der Waals surface area contributed by atoms with E-state index >= 15 is 0 Å². The van der Waals surface area contributed by atoms with Gasteiger partial charge < -0.3 is 5.32 Å². The average molecular weight is 331 g/mol. The second-order valence-corrected chi connectivity index (χ2v) is 6.32. The van der Waals surface area contributed by atoms with Crippen LogP contribution in [0.4, 0.5) is 5.69 Å². The Balaban J connectivity index is 2.91. The highest BCUT2D eigenvalue weighted by molar-refractivity contribution is 8.00. The molecular formula is C14H19ClN2O3S. The van der Waals surface area contributed by atoms with E-state index < -0.39 is 4.92 Å². The normalized spacial score (nSPS) is 11.2. The molecule has 116 valence electrons. The Morgan fingerprint density at radius 1 is 1.43 bits per heavy atom. The van der Waals surface area contributed by atoms with E-state index in [-0.39, 0.29) is 26.9 Å². The molecule has 0 heterocycles. The van der Waals surface area contributed by atoms with E-state index in [0.717, 1.165) is 12.8 Å². The molecule has 0 aromatic heterocycles. The van der Waals surface area contributed by atoms with Crippen LogP contribution < -0.4 is 5.32 Å². The molecule has 0 saturated carbocycles. The third-order valence-electron chi connectivity index (χ3n) is 3.71. The zero-order valence-electron chi connectivity index (χ0n) is 12.3. The summed E-state index contributed by atoms with van der Waals surface area (Å²) in [6.07, 6.45) is 3.86. The van der Waals surface area contributed by atoms with Gasteiger partial charge >= 0.3 is 0 Å². The number of carbonyl (C=O) groups excluding carboxylic acids is 1. The summed E-state index contributed by atoms with van der Waals surface area (Å²) in [5.41, 5.74) is -0.125. The lowest BCUT2D eigenvalue weighted by molar-refractivity contribution is -0.384. The van der Waals surface area contributed by atoms with Crippen LogP contribution >= 0.6 is 23.4 Å². The SMILES string of the molecule is CCC(CC)(CNC(=O)c1cccc([N+](=O)[O-])c1Cl)SC. The lowest BCUT2D eigenvalue weighted by Gasteiger charge is -2.29. The summed E-state index contributed by atoms with van der Waals surface area (Å²) in [4.78, 5) is 22.5. The third kappa shape index (κ3) is 4.11. The third-order valence-corrected chi connectivity index (χ3v) is 5.70. The van der Waals surface area contributed by atoms with E-state index in [1.54, 1.807) is 11.8 Å². The maximum absolute atomic E-state index is 12.2.